The summed E-state index contributed by atoms with van der Waals surface area (Å²) in [6.07, 6.45) is 0.913. The molecule has 0 radical (unpaired) electrons. The zero-order valence-electron chi connectivity index (χ0n) is 12.2. The second-order valence-electron chi connectivity index (χ2n) is 4.93. The largest absolute Gasteiger partial charge is 0.356 e. The summed E-state index contributed by atoms with van der Waals surface area (Å²) in [7, 11) is 0. The standard InChI is InChI=1S/C17H19FN2S/c1-3-16(15-10-5-4-7-12(15)2)20-17(21)19-14-9-6-8-13(18)11-14/h4-11,16H,3H2,1-2H3,(H2,19,20,21)/t16-/m1/s1. The zero-order chi connectivity index (χ0) is 15.2. The minimum Gasteiger partial charge on any atom is -0.356 e. The first-order valence-corrected chi connectivity index (χ1v) is 7.39. The van der Waals surface area contributed by atoms with E-state index in [4.69, 9.17) is 12.2 Å². The smallest absolute Gasteiger partial charge is 0.171 e. The van der Waals surface area contributed by atoms with Gasteiger partial charge in [-0.15, -0.1) is 0 Å². The Morgan fingerprint density at radius 3 is 2.62 bits per heavy atom. The van der Waals surface area contributed by atoms with Gasteiger partial charge < -0.3 is 10.6 Å². The van der Waals surface area contributed by atoms with Crippen molar-refractivity contribution in [1.29, 1.82) is 0 Å². The van der Waals surface area contributed by atoms with Crippen molar-refractivity contribution in [2.75, 3.05) is 5.32 Å². The summed E-state index contributed by atoms with van der Waals surface area (Å²) in [6, 6.07) is 14.6. The minimum atomic E-state index is -0.284. The maximum Gasteiger partial charge on any atom is 0.171 e. The van der Waals surface area contributed by atoms with Crippen molar-refractivity contribution in [2.24, 2.45) is 0 Å². The maximum atomic E-state index is 13.2. The molecule has 0 fully saturated rings. The highest BCUT2D eigenvalue weighted by atomic mass is 32.1. The predicted octanol–water partition coefficient (Wildman–Crippen LogP) is 4.57. The maximum absolute atomic E-state index is 13.2. The van der Waals surface area contributed by atoms with Crippen molar-refractivity contribution < 1.29 is 4.39 Å². The third-order valence-electron chi connectivity index (χ3n) is 3.36. The van der Waals surface area contributed by atoms with Crippen molar-refractivity contribution in [1.82, 2.24) is 5.32 Å². The predicted molar refractivity (Wildman–Crippen MR) is 90.0 cm³/mol. The molecule has 2 rings (SSSR count). The highest BCUT2D eigenvalue weighted by Crippen LogP contribution is 2.20. The molecular weight excluding hydrogens is 283 g/mol. The lowest BCUT2D eigenvalue weighted by molar-refractivity contribution is 0.624. The fourth-order valence-corrected chi connectivity index (χ4v) is 2.53. The van der Waals surface area contributed by atoms with Crippen LogP contribution in [0.4, 0.5) is 10.1 Å². The summed E-state index contributed by atoms with van der Waals surface area (Å²) < 4.78 is 13.2. The topological polar surface area (TPSA) is 24.1 Å². The number of anilines is 1. The average molecular weight is 302 g/mol. The van der Waals surface area contributed by atoms with Crippen molar-refractivity contribution in [3.05, 3.63) is 65.5 Å². The van der Waals surface area contributed by atoms with Gasteiger partial charge in [-0.2, -0.15) is 0 Å². The first-order valence-electron chi connectivity index (χ1n) is 6.98. The molecular formula is C17H19FN2S. The van der Waals surface area contributed by atoms with Crippen LogP contribution in [0.1, 0.15) is 30.5 Å². The fourth-order valence-electron chi connectivity index (χ4n) is 2.27. The molecule has 0 spiro atoms. The Labute approximate surface area is 130 Å². The Bertz CT molecular complexity index is 628. The lowest BCUT2D eigenvalue weighted by Gasteiger charge is -2.21. The lowest BCUT2D eigenvalue weighted by Crippen LogP contribution is -2.32. The summed E-state index contributed by atoms with van der Waals surface area (Å²) in [5, 5.41) is 6.80. The molecule has 2 nitrogen and oxygen atoms in total. The molecule has 2 aromatic carbocycles. The molecule has 0 aromatic heterocycles. The summed E-state index contributed by atoms with van der Waals surface area (Å²) in [4.78, 5) is 0. The Balaban J connectivity index is 2.05. The number of hydrogen-bond donors (Lipinski definition) is 2. The van der Waals surface area contributed by atoms with Gasteiger partial charge in [0, 0.05) is 5.69 Å². The molecule has 0 unspecified atom stereocenters. The summed E-state index contributed by atoms with van der Waals surface area (Å²) in [5.41, 5.74) is 3.10. The van der Waals surface area contributed by atoms with Crippen LogP contribution in [0.5, 0.6) is 0 Å². The van der Waals surface area contributed by atoms with E-state index in [1.165, 1.54) is 23.3 Å². The Kier molecular flexibility index (Phi) is 5.28. The van der Waals surface area contributed by atoms with E-state index in [9.17, 15) is 4.39 Å². The second-order valence-corrected chi connectivity index (χ2v) is 5.33. The number of rotatable bonds is 4. The first kappa shape index (κ1) is 15.4. The molecule has 4 heteroatoms. The third kappa shape index (κ3) is 4.26. The molecule has 2 aromatic rings. The van der Waals surface area contributed by atoms with E-state index in [2.05, 4.69) is 36.6 Å². The molecule has 0 saturated carbocycles. The van der Waals surface area contributed by atoms with Crippen LogP contribution in [-0.2, 0) is 0 Å². The average Bonchev–Trinajstić information content (AvgIpc) is 2.45. The highest BCUT2D eigenvalue weighted by Gasteiger charge is 2.12. The van der Waals surface area contributed by atoms with E-state index < -0.39 is 0 Å². The molecule has 110 valence electrons. The van der Waals surface area contributed by atoms with Crippen LogP contribution in [0.25, 0.3) is 0 Å². The molecule has 0 bridgehead atoms. The number of thiocarbonyl (C=S) groups is 1. The van der Waals surface area contributed by atoms with Crippen molar-refractivity contribution in [3.8, 4) is 0 Å². The monoisotopic (exact) mass is 302 g/mol. The molecule has 0 amide bonds. The number of halogens is 1. The molecule has 0 aliphatic carbocycles. The van der Waals surface area contributed by atoms with Gasteiger partial charge in [-0.25, -0.2) is 4.39 Å². The first-order chi connectivity index (χ1) is 10.1. The second kappa shape index (κ2) is 7.18. The number of hydrogen-bond acceptors (Lipinski definition) is 1. The minimum absolute atomic E-state index is 0.139. The number of nitrogens with one attached hydrogen (secondary N) is 2. The Morgan fingerprint density at radius 1 is 1.19 bits per heavy atom. The molecule has 1 atom stereocenters. The van der Waals surface area contributed by atoms with Crippen LogP contribution in [-0.4, -0.2) is 5.11 Å². The quantitative estimate of drug-likeness (QED) is 0.809. The van der Waals surface area contributed by atoms with E-state index in [0.717, 1.165) is 6.42 Å². The van der Waals surface area contributed by atoms with Gasteiger partial charge in [-0.05, 0) is 54.9 Å². The van der Waals surface area contributed by atoms with Crippen LogP contribution in [0.15, 0.2) is 48.5 Å². The SMILES string of the molecule is CC[C@@H](NC(=S)Nc1cccc(F)c1)c1ccccc1C. The molecule has 0 heterocycles. The molecule has 0 aliphatic rings. The van der Waals surface area contributed by atoms with Crippen LogP contribution in [0.2, 0.25) is 0 Å². The number of aryl methyl sites for hydroxylation is 1. The van der Waals surface area contributed by atoms with Gasteiger partial charge in [0.05, 0.1) is 6.04 Å². The zero-order valence-corrected chi connectivity index (χ0v) is 13.0. The third-order valence-corrected chi connectivity index (χ3v) is 3.58. The van der Waals surface area contributed by atoms with E-state index in [0.29, 0.717) is 10.8 Å². The Hall–Kier alpha value is -1.94. The summed E-state index contributed by atoms with van der Waals surface area (Å²) >= 11 is 5.32. The molecule has 0 aliphatic heterocycles. The molecule has 21 heavy (non-hydrogen) atoms. The van der Waals surface area contributed by atoms with E-state index in [-0.39, 0.29) is 11.9 Å². The summed E-state index contributed by atoms with van der Waals surface area (Å²) in [6.45, 7) is 4.19. The van der Waals surface area contributed by atoms with Crippen molar-refractivity contribution in [3.63, 3.8) is 0 Å². The lowest BCUT2D eigenvalue weighted by atomic mass is 10.00. The summed E-state index contributed by atoms with van der Waals surface area (Å²) in [5.74, 6) is -0.284. The van der Waals surface area contributed by atoms with Crippen LogP contribution in [0, 0.1) is 12.7 Å². The van der Waals surface area contributed by atoms with Gasteiger partial charge in [0.15, 0.2) is 5.11 Å². The van der Waals surface area contributed by atoms with Gasteiger partial charge in [-0.1, -0.05) is 37.3 Å². The van der Waals surface area contributed by atoms with Gasteiger partial charge in [0.1, 0.15) is 5.82 Å². The van der Waals surface area contributed by atoms with Gasteiger partial charge >= 0.3 is 0 Å². The van der Waals surface area contributed by atoms with Crippen molar-refractivity contribution >= 4 is 23.0 Å². The van der Waals surface area contributed by atoms with Crippen LogP contribution >= 0.6 is 12.2 Å². The molecule has 0 saturated heterocycles. The van der Waals surface area contributed by atoms with Crippen molar-refractivity contribution in [2.45, 2.75) is 26.3 Å². The van der Waals surface area contributed by atoms with Gasteiger partial charge in [-0.3, -0.25) is 0 Å². The van der Waals surface area contributed by atoms with Crippen LogP contribution in [0.3, 0.4) is 0 Å². The Morgan fingerprint density at radius 2 is 1.95 bits per heavy atom. The molecule has 2 N–H and O–H groups in total. The number of benzene rings is 2. The van der Waals surface area contributed by atoms with Gasteiger partial charge in [0.25, 0.3) is 0 Å². The van der Waals surface area contributed by atoms with E-state index >= 15 is 0 Å². The fraction of sp³-hybridized carbons (Fsp3) is 0.235. The highest BCUT2D eigenvalue weighted by molar-refractivity contribution is 7.80. The van der Waals surface area contributed by atoms with Gasteiger partial charge in [0.2, 0.25) is 0 Å². The van der Waals surface area contributed by atoms with E-state index in [1.807, 2.05) is 12.1 Å². The normalized spacial score (nSPS) is 11.8. The van der Waals surface area contributed by atoms with E-state index in [1.54, 1.807) is 12.1 Å². The van der Waals surface area contributed by atoms with Crippen LogP contribution < -0.4 is 10.6 Å².